The van der Waals surface area contributed by atoms with E-state index in [4.69, 9.17) is 18.9 Å². The lowest BCUT2D eigenvalue weighted by molar-refractivity contribution is -0.308. The molecule has 4 unspecified atom stereocenters. The highest BCUT2D eigenvalue weighted by atomic mass is 16.7. The second kappa shape index (κ2) is 7.97. The Balaban J connectivity index is 1.36. The quantitative estimate of drug-likeness (QED) is 0.492. The molecule has 9 nitrogen and oxygen atoms in total. The summed E-state index contributed by atoms with van der Waals surface area (Å²) in [6.07, 6.45) is -1.39. The van der Waals surface area contributed by atoms with Crippen LogP contribution in [0.3, 0.4) is 0 Å². The molecule has 11 atom stereocenters. The van der Waals surface area contributed by atoms with Gasteiger partial charge in [0.2, 0.25) is 0 Å². The number of carboxylic acids is 1. The number of ether oxygens (including phenoxy) is 4. The average molecular weight is 440 g/mol. The topological polar surface area (TPSA) is 135 Å². The van der Waals surface area contributed by atoms with Crippen molar-refractivity contribution in [3.63, 3.8) is 0 Å². The minimum Gasteiger partial charge on any atom is -0.501 e. The van der Waals surface area contributed by atoms with E-state index in [1.165, 1.54) is 5.57 Å². The Morgan fingerprint density at radius 2 is 1.94 bits per heavy atom. The smallest absolute Gasteiger partial charge is 0.335 e. The number of hydrogen-bond donors (Lipinski definition) is 4. The molecule has 0 spiro atoms. The number of fused-ring (bicyclic) bond motifs is 5. The zero-order chi connectivity index (χ0) is 21.9. The molecule has 0 radical (unpaired) electrons. The zero-order valence-electron chi connectivity index (χ0n) is 17.6. The summed E-state index contributed by atoms with van der Waals surface area (Å²) in [4.78, 5) is 11.4. The van der Waals surface area contributed by atoms with Crippen LogP contribution in [0.15, 0.2) is 11.8 Å². The van der Waals surface area contributed by atoms with Crippen molar-refractivity contribution < 1.29 is 44.2 Å². The Kier molecular flexibility index (Phi) is 5.55. The molecule has 0 aromatic heterocycles. The molecule has 2 saturated heterocycles. The minimum absolute atomic E-state index is 0.0821. The summed E-state index contributed by atoms with van der Waals surface area (Å²) in [5.41, 5.74) is 1.06. The lowest BCUT2D eigenvalue weighted by Crippen LogP contribution is -2.61. The highest BCUT2D eigenvalue weighted by molar-refractivity contribution is 5.73. The van der Waals surface area contributed by atoms with E-state index in [2.05, 4.69) is 6.92 Å². The van der Waals surface area contributed by atoms with E-state index in [0.29, 0.717) is 24.4 Å². The van der Waals surface area contributed by atoms with Gasteiger partial charge in [0, 0.05) is 5.92 Å². The number of rotatable bonds is 3. The van der Waals surface area contributed by atoms with Gasteiger partial charge in [-0.1, -0.05) is 0 Å². The molecule has 5 rings (SSSR count). The van der Waals surface area contributed by atoms with Crippen LogP contribution >= 0.6 is 0 Å². The summed E-state index contributed by atoms with van der Waals surface area (Å²) >= 11 is 0. The van der Waals surface area contributed by atoms with Crippen molar-refractivity contribution in [2.45, 2.75) is 81.4 Å². The van der Waals surface area contributed by atoms with Gasteiger partial charge in [0.25, 0.3) is 0 Å². The van der Waals surface area contributed by atoms with Gasteiger partial charge in [0.1, 0.15) is 18.3 Å². The highest BCUT2D eigenvalue weighted by Crippen LogP contribution is 2.57. The van der Waals surface area contributed by atoms with Crippen LogP contribution in [-0.4, -0.2) is 82.0 Å². The summed E-state index contributed by atoms with van der Waals surface area (Å²) in [6.45, 7) is 3.18. The predicted molar refractivity (Wildman–Crippen MR) is 105 cm³/mol. The van der Waals surface area contributed by atoms with Crippen LogP contribution < -0.4 is 0 Å². The third-order valence-electron chi connectivity index (χ3n) is 8.33. The molecule has 9 heteroatoms. The van der Waals surface area contributed by atoms with Gasteiger partial charge in [-0.05, 0) is 62.4 Å². The second-order valence-corrected chi connectivity index (χ2v) is 9.92. The Morgan fingerprint density at radius 1 is 1.13 bits per heavy atom. The van der Waals surface area contributed by atoms with Crippen molar-refractivity contribution in [3.05, 3.63) is 11.8 Å². The molecule has 0 aromatic rings. The number of aliphatic hydroxyl groups is 3. The molecule has 31 heavy (non-hydrogen) atoms. The normalized spacial score (nSPS) is 51.7. The van der Waals surface area contributed by atoms with Gasteiger partial charge < -0.3 is 39.4 Å². The first-order chi connectivity index (χ1) is 14.8. The number of allylic oxidation sites excluding steroid dienone is 1. The summed E-state index contributed by atoms with van der Waals surface area (Å²) < 4.78 is 23.3. The van der Waals surface area contributed by atoms with E-state index in [9.17, 15) is 25.2 Å². The maximum absolute atomic E-state index is 11.4. The van der Waals surface area contributed by atoms with Gasteiger partial charge in [0.05, 0.1) is 31.2 Å². The maximum Gasteiger partial charge on any atom is 0.335 e. The van der Waals surface area contributed by atoms with Gasteiger partial charge in [0.15, 0.2) is 12.4 Å². The van der Waals surface area contributed by atoms with Crippen LogP contribution in [0, 0.1) is 23.7 Å². The molecule has 4 fully saturated rings. The lowest BCUT2D eigenvalue weighted by Gasteiger charge is -2.52. The number of carboxylic acid groups (broad SMARTS) is 1. The van der Waals surface area contributed by atoms with E-state index in [1.807, 2.05) is 6.26 Å². The van der Waals surface area contributed by atoms with Crippen molar-refractivity contribution in [1.82, 2.24) is 0 Å². The van der Waals surface area contributed by atoms with Crippen LogP contribution in [0.25, 0.3) is 0 Å². The average Bonchev–Trinajstić information content (AvgIpc) is 3.10. The van der Waals surface area contributed by atoms with E-state index >= 15 is 0 Å². The van der Waals surface area contributed by atoms with Crippen molar-refractivity contribution >= 4 is 5.97 Å². The third kappa shape index (κ3) is 3.50. The largest absolute Gasteiger partial charge is 0.501 e. The molecule has 0 amide bonds. The van der Waals surface area contributed by atoms with E-state index in [1.54, 1.807) is 0 Å². The summed E-state index contributed by atoms with van der Waals surface area (Å²) in [7, 11) is 0. The lowest BCUT2D eigenvalue weighted by atomic mass is 9.55. The SMILES string of the molecule is C[C@]12CCC3C4CCOC=C4CCC3C1[C@@H](O[C@@H]1O[C@H](C(=O)O)[C@@H](O)[C@H](O)[C@H]1O)CO2. The van der Waals surface area contributed by atoms with Crippen LogP contribution in [0.1, 0.15) is 39.0 Å². The number of carbonyl (C=O) groups is 1. The Bertz CT molecular complexity index is 740. The molecule has 3 aliphatic heterocycles. The number of hydrogen-bond acceptors (Lipinski definition) is 8. The van der Waals surface area contributed by atoms with Crippen molar-refractivity contribution in [3.8, 4) is 0 Å². The fraction of sp³-hybridized carbons (Fsp3) is 0.864. The van der Waals surface area contributed by atoms with E-state index in [-0.39, 0.29) is 17.6 Å². The monoisotopic (exact) mass is 440 g/mol. The van der Waals surface area contributed by atoms with Crippen molar-refractivity contribution in [2.24, 2.45) is 23.7 Å². The fourth-order valence-electron chi connectivity index (χ4n) is 6.82. The van der Waals surface area contributed by atoms with Crippen LogP contribution in [-0.2, 0) is 23.7 Å². The maximum atomic E-state index is 11.4. The first-order valence-corrected chi connectivity index (χ1v) is 11.3. The van der Waals surface area contributed by atoms with E-state index < -0.39 is 36.7 Å². The molecule has 3 heterocycles. The predicted octanol–water partition coefficient (Wildman–Crippen LogP) is 0.409. The first kappa shape index (κ1) is 21.6. The molecule has 4 N–H and O–H groups in total. The first-order valence-electron chi connectivity index (χ1n) is 11.3. The van der Waals surface area contributed by atoms with Crippen LogP contribution in [0.5, 0.6) is 0 Å². The van der Waals surface area contributed by atoms with Gasteiger partial charge in [-0.3, -0.25) is 0 Å². The van der Waals surface area contributed by atoms with Gasteiger partial charge >= 0.3 is 5.97 Å². The molecule has 5 aliphatic rings. The second-order valence-electron chi connectivity index (χ2n) is 9.92. The zero-order valence-corrected chi connectivity index (χ0v) is 17.6. The molecule has 2 aliphatic carbocycles. The minimum atomic E-state index is -1.73. The number of aliphatic hydroxyl groups excluding tert-OH is 3. The molecule has 0 bridgehead atoms. The molecule has 2 saturated carbocycles. The van der Waals surface area contributed by atoms with Crippen LogP contribution in [0.2, 0.25) is 0 Å². The molecular formula is C22H32O9. The van der Waals surface area contributed by atoms with Gasteiger partial charge in [-0.2, -0.15) is 0 Å². The van der Waals surface area contributed by atoms with Crippen molar-refractivity contribution in [1.29, 1.82) is 0 Å². The summed E-state index contributed by atoms with van der Waals surface area (Å²) in [5.74, 6) is 0.0921. The van der Waals surface area contributed by atoms with E-state index in [0.717, 1.165) is 38.7 Å². The fourth-order valence-corrected chi connectivity index (χ4v) is 6.82. The summed E-state index contributed by atoms with van der Waals surface area (Å²) in [6, 6.07) is 0. The highest BCUT2D eigenvalue weighted by Gasteiger charge is 2.59. The van der Waals surface area contributed by atoms with Gasteiger partial charge in [-0.25, -0.2) is 4.79 Å². The molecular weight excluding hydrogens is 408 g/mol. The van der Waals surface area contributed by atoms with Gasteiger partial charge in [-0.15, -0.1) is 0 Å². The summed E-state index contributed by atoms with van der Waals surface area (Å²) in [5, 5.41) is 39.8. The third-order valence-corrected chi connectivity index (χ3v) is 8.33. The number of aliphatic carboxylic acids is 1. The van der Waals surface area contributed by atoms with Crippen molar-refractivity contribution in [2.75, 3.05) is 13.2 Å². The Hall–Kier alpha value is -1.23. The van der Waals surface area contributed by atoms with Crippen LogP contribution in [0.4, 0.5) is 0 Å². The standard InChI is InChI=1S/C22H32O9/c1-22-6-4-12-11-5-7-28-8-10(11)2-3-13(12)15(22)14(9-29-22)30-21-18(25)16(23)17(24)19(31-21)20(26)27/h8,11-19,21,23-25H,2-7,9H2,1H3,(H,26,27)/t11?,12?,13?,14-,15?,16-,17-,18+,19-,21+,22-/m0/s1. The molecule has 0 aromatic carbocycles. The Morgan fingerprint density at radius 3 is 2.71 bits per heavy atom. The Labute approximate surface area is 180 Å². The molecule has 174 valence electrons.